The molecule has 0 aromatic heterocycles. The molecule has 0 aliphatic carbocycles. The summed E-state index contributed by atoms with van der Waals surface area (Å²) < 4.78 is 17.5. The van der Waals surface area contributed by atoms with Crippen molar-refractivity contribution in [3.63, 3.8) is 0 Å². The van der Waals surface area contributed by atoms with Crippen LogP contribution in [0.5, 0.6) is 0 Å². The Labute approximate surface area is 129 Å². The highest BCUT2D eigenvalue weighted by Crippen LogP contribution is 2.44. The Morgan fingerprint density at radius 2 is 1.68 bits per heavy atom. The molecule has 1 aliphatic rings. The van der Waals surface area contributed by atoms with Crippen LogP contribution in [-0.2, 0) is 24.8 Å². The van der Waals surface area contributed by atoms with E-state index in [4.69, 9.17) is 14.2 Å². The van der Waals surface area contributed by atoms with Gasteiger partial charge >= 0.3 is 5.97 Å². The minimum atomic E-state index is -1.26. The van der Waals surface area contributed by atoms with Gasteiger partial charge in [-0.2, -0.15) is 0 Å². The predicted octanol–water partition coefficient (Wildman–Crippen LogP) is 3.19. The van der Waals surface area contributed by atoms with Crippen LogP contribution in [0.3, 0.4) is 0 Å². The molecular formula is C18H18O4. The van der Waals surface area contributed by atoms with E-state index in [0.717, 1.165) is 11.1 Å². The summed E-state index contributed by atoms with van der Waals surface area (Å²) in [5.74, 6) is -1.66. The summed E-state index contributed by atoms with van der Waals surface area (Å²) in [5, 5.41) is 0. The Hall–Kier alpha value is -2.17. The molecular weight excluding hydrogens is 280 g/mol. The van der Waals surface area contributed by atoms with Gasteiger partial charge in [0.05, 0.1) is 13.2 Å². The van der Waals surface area contributed by atoms with Crippen molar-refractivity contribution < 1.29 is 19.0 Å². The standard InChI is InChI=1S/C18H18O4/c1-14(19)22-18(16-10-6-3-7-11-16)17(20-12-13-21-18)15-8-4-2-5-9-15/h2-11,17H,12-13H2,1H3. The van der Waals surface area contributed by atoms with E-state index < -0.39 is 17.9 Å². The highest BCUT2D eigenvalue weighted by Gasteiger charge is 2.49. The fourth-order valence-corrected chi connectivity index (χ4v) is 2.75. The number of carbonyl (C=O) groups excluding carboxylic acids is 1. The largest absolute Gasteiger partial charge is 0.425 e. The van der Waals surface area contributed by atoms with E-state index in [2.05, 4.69) is 0 Å². The van der Waals surface area contributed by atoms with Gasteiger partial charge in [-0.3, -0.25) is 4.79 Å². The van der Waals surface area contributed by atoms with Crippen molar-refractivity contribution in [1.29, 1.82) is 0 Å². The van der Waals surface area contributed by atoms with Crippen molar-refractivity contribution in [2.24, 2.45) is 0 Å². The molecule has 0 N–H and O–H groups in total. The summed E-state index contributed by atoms with van der Waals surface area (Å²) in [6, 6.07) is 19.1. The van der Waals surface area contributed by atoms with Crippen LogP contribution in [0.1, 0.15) is 24.2 Å². The summed E-state index contributed by atoms with van der Waals surface area (Å²) in [4.78, 5) is 11.7. The molecule has 0 amide bonds. The van der Waals surface area contributed by atoms with Crippen LogP contribution >= 0.6 is 0 Å². The Balaban J connectivity index is 2.10. The topological polar surface area (TPSA) is 44.8 Å². The van der Waals surface area contributed by atoms with E-state index in [1.165, 1.54) is 6.92 Å². The van der Waals surface area contributed by atoms with E-state index >= 15 is 0 Å². The van der Waals surface area contributed by atoms with Crippen LogP contribution in [0, 0.1) is 0 Å². The number of rotatable bonds is 3. The minimum absolute atomic E-state index is 0.367. The first-order chi connectivity index (χ1) is 10.7. The second-order valence-corrected chi connectivity index (χ2v) is 5.14. The molecule has 0 spiro atoms. The van der Waals surface area contributed by atoms with Crippen LogP contribution < -0.4 is 0 Å². The number of ether oxygens (including phenoxy) is 3. The van der Waals surface area contributed by atoms with Gasteiger partial charge in [0.25, 0.3) is 5.79 Å². The van der Waals surface area contributed by atoms with Gasteiger partial charge in [-0.05, 0) is 5.56 Å². The molecule has 0 bridgehead atoms. The molecule has 1 heterocycles. The zero-order valence-corrected chi connectivity index (χ0v) is 12.4. The van der Waals surface area contributed by atoms with Crippen molar-refractivity contribution in [2.45, 2.75) is 18.8 Å². The number of esters is 1. The van der Waals surface area contributed by atoms with Gasteiger partial charge in [-0.1, -0.05) is 60.7 Å². The Morgan fingerprint density at radius 1 is 1.05 bits per heavy atom. The van der Waals surface area contributed by atoms with Crippen molar-refractivity contribution in [1.82, 2.24) is 0 Å². The zero-order valence-electron chi connectivity index (χ0n) is 12.4. The second kappa shape index (κ2) is 6.30. The van der Waals surface area contributed by atoms with Crippen molar-refractivity contribution >= 4 is 5.97 Å². The summed E-state index contributed by atoms with van der Waals surface area (Å²) in [6.45, 7) is 2.20. The number of hydrogen-bond acceptors (Lipinski definition) is 4. The number of hydrogen-bond donors (Lipinski definition) is 0. The van der Waals surface area contributed by atoms with E-state index in [-0.39, 0.29) is 0 Å². The Bertz CT molecular complexity index is 626. The van der Waals surface area contributed by atoms with Crippen LogP contribution in [-0.4, -0.2) is 19.2 Å². The van der Waals surface area contributed by atoms with Gasteiger partial charge in [-0.25, -0.2) is 0 Å². The first-order valence-corrected chi connectivity index (χ1v) is 7.28. The normalized spacial score (nSPS) is 24.7. The maximum atomic E-state index is 11.7. The minimum Gasteiger partial charge on any atom is -0.425 e. The first-order valence-electron chi connectivity index (χ1n) is 7.28. The van der Waals surface area contributed by atoms with Gasteiger partial charge in [-0.15, -0.1) is 0 Å². The lowest BCUT2D eigenvalue weighted by Gasteiger charge is -2.42. The lowest BCUT2D eigenvalue weighted by Crippen LogP contribution is -2.46. The summed E-state index contributed by atoms with van der Waals surface area (Å²) in [7, 11) is 0. The van der Waals surface area contributed by atoms with Crippen LogP contribution in [0.2, 0.25) is 0 Å². The molecule has 2 aromatic rings. The molecule has 4 heteroatoms. The monoisotopic (exact) mass is 298 g/mol. The fourth-order valence-electron chi connectivity index (χ4n) is 2.75. The lowest BCUT2D eigenvalue weighted by molar-refractivity contribution is -0.323. The lowest BCUT2D eigenvalue weighted by atomic mass is 9.93. The third kappa shape index (κ3) is 2.75. The first kappa shape index (κ1) is 14.8. The van der Waals surface area contributed by atoms with Crippen LogP contribution in [0.4, 0.5) is 0 Å². The van der Waals surface area contributed by atoms with Crippen molar-refractivity contribution in [3.05, 3.63) is 71.8 Å². The third-order valence-corrected chi connectivity index (χ3v) is 3.60. The molecule has 4 nitrogen and oxygen atoms in total. The Morgan fingerprint density at radius 3 is 2.32 bits per heavy atom. The molecule has 3 rings (SSSR count). The molecule has 1 saturated heterocycles. The fraction of sp³-hybridized carbons (Fsp3) is 0.278. The van der Waals surface area contributed by atoms with Crippen LogP contribution in [0.15, 0.2) is 60.7 Å². The van der Waals surface area contributed by atoms with Crippen molar-refractivity contribution in [3.8, 4) is 0 Å². The molecule has 0 radical (unpaired) electrons. The molecule has 0 saturated carbocycles. The van der Waals surface area contributed by atoms with Crippen LogP contribution in [0.25, 0.3) is 0 Å². The van der Waals surface area contributed by atoms with E-state index in [0.29, 0.717) is 13.2 Å². The molecule has 2 unspecified atom stereocenters. The second-order valence-electron chi connectivity index (χ2n) is 5.14. The highest BCUT2D eigenvalue weighted by molar-refractivity contribution is 5.66. The summed E-state index contributed by atoms with van der Waals surface area (Å²) in [6.07, 6.45) is -0.506. The van der Waals surface area contributed by atoms with Gasteiger partial charge in [0.2, 0.25) is 0 Å². The van der Waals surface area contributed by atoms with Gasteiger partial charge in [0.15, 0.2) is 6.10 Å². The quantitative estimate of drug-likeness (QED) is 0.816. The smallest absolute Gasteiger partial charge is 0.305 e. The van der Waals surface area contributed by atoms with E-state index in [9.17, 15) is 4.79 Å². The molecule has 1 fully saturated rings. The zero-order chi connectivity index (χ0) is 15.4. The maximum absolute atomic E-state index is 11.7. The predicted molar refractivity (Wildman–Crippen MR) is 81.0 cm³/mol. The Kier molecular flexibility index (Phi) is 4.22. The molecule has 2 atom stereocenters. The number of carbonyl (C=O) groups is 1. The van der Waals surface area contributed by atoms with Gasteiger partial charge in [0.1, 0.15) is 0 Å². The summed E-state index contributed by atoms with van der Waals surface area (Å²) >= 11 is 0. The third-order valence-electron chi connectivity index (χ3n) is 3.60. The van der Waals surface area contributed by atoms with Gasteiger partial charge < -0.3 is 14.2 Å². The average Bonchev–Trinajstić information content (AvgIpc) is 2.56. The summed E-state index contributed by atoms with van der Waals surface area (Å²) in [5.41, 5.74) is 1.67. The van der Waals surface area contributed by atoms with E-state index in [1.54, 1.807) is 0 Å². The average molecular weight is 298 g/mol. The van der Waals surface area contributed by atoms with Crippen molar-refractivity contribution in [2.75, 3.05) is 13.2 Å². The number of benzene rings is 2. The SMILES string of the molecule is CC(=O)OC1(c2ccccc2)OCCOC1c1ccccc1. The van der Waals surface area contributed by atoms with Gasteiger partial charge in [0, 0.05) is 12.5 Å². The molecule has 22 heavy (non-hydrogen) atoms. The van der Waals surface area contributed by atoms with E-state index in [1.807, 2.05) is 60.7 Å². The highest BCUT2D eigenvalue weighted by atomic mass is 16.7. The molecule has 114 valence electrons. The maximum Gasteiger partial charge on any atom is 0.305 e. The molecule has 1 aliphatic heterocycles. The molecule has 2 aromatic carbocycles.